The Balaban J connectivity index is 2.10. The Morgan fingerprint density at radius 2 is 1.90 bits per heavy atom. The van der Waals surface area contributed by atoms with Gasteiger partial charge in [0.2, 0.25) is 0 Å². The van der Waals surface area contributed by atoms with Crippen LogP contribution in [0, 0.1) is 6.92 Å². The fourth-order valence-electron chi connectivity index (χ4n) is 2.04. The van der Waals surface area contributed by atoms with Gasteiger partial charge in [-0.2, -0.15) is 13.2 Å². The van der Waals surface area contributed by atoms with Crippen molar-refractivity contribution in [2.24, 2.45) is 0 Å². The van der Waals surface area contributed by atoms with E-state index in [1.165, 1.54) is 12.1 Å². The van der Waals surface area contributed by atoms with Crippen LogP contribution in [0.5, 0.6) is 0 Å². The maximum atomic E-state index is 12.9. The highest BCUT2D eigenvalue weighted by atomic mass is 32.1. The van der Waals surface area contributed by atoms with Crippen LogP contribution in [-0.2, 0) is 19.3 Å². The van der Waals surface area contributed by atoms with Gasteiger partial charge in [-0.05, 0) is 25.6 Å². The Bertz CT molecular complexity index is 578. The second-order valence-corrected chi connectivity index (χ2v) is 5.75. The third-order valence-electron chi connectivity index (χ3n) is 2.86. The van der Waals surface area contributed by atoms with Crippen molar-refractivity contribution in [3.8, 4) is 0 Å². The molecule has 2 aromatic rings. The van der Waals surface area contributed by atoms with Gasteiger partial charge in [-0.3, -0.25) is 4.90 Å². The Morgan fingerprint density at radius 1 is 1.20 bits per heavy atom. The summed E-state index contributed by atoms with van der Waals surface area (Å²) in [6.45, 7) is 2.69. The molecular weight excluding hydrogens is 285 g/mol. The van der Waals surface area contributed by atoms with E-state index in [2.05, 4.69) is 4.98 Å². The van der Waals surface area contributed by atoms with Gasteiger partial charge in [0.1, 0.15) is 0 Å². The number of hydrogen-bond acceptors (Lipinski definition) is 3. The summed E-state index contributed by atoms with van der Waals surface area (Å²) in [5.41, 5.74) is 0.607. The van der Waals surface area contributed by atoms with Crippen molar-refractivity contribution in [1.29, 1.82) is 0 Å². The number of halogens is 3. The van der Waals surface area contributed by atoms with E-state index in [0.717, 1.165) is 16.8 Å². The Hall–Kier alpha value is -1.40. The lowest BCUT2D eigenvalue weighted by Gasteiger charge is -2.19. The van der Waals surface area contributed by atoms with Gasteiger partial charge in [0, 0.05) is 18.5 Å². The molecule has 6 heteroatoms. The molecule has 2 rings (SSSR count). The molecule has 0 aliphatic heterocycles. The number of alkyl halides is 3. The van der Waals surface area contributed by atoms with Gasteiger partial charge < -0.3 is 0 Å². The first-order valence-corrected chi connectivity index (χ1v) is 6.99. The lowest BCUT2D eigenvalue weighted by Crippen LogP contribution is -2.20. The fourth-order valence-corrected chi connectivity index (χ4v) is 2.64. The number of thiazole rings is 1. The average Bonchev–Trinajstić information content (AvgIpc) is 2.73. The van der Waals surface area contributed by atoms with Gasteiger partial charge in [0.15, 0.2) is 0 Å². The molecule has 0 saturated heterocycles. The fraction of sp³-hybridized carbons (Fsp3) is 0.357. The van der Waals surface area contributed by atoms with Crippen molar-refractivity contribution >= 4 is 11.3 Å². The molecule has 0 fully saturated rings. The van der Waals surface area contributed by atoms with Gasteiger partial charge in [-0.1, -0.05) is 18.2 Å². The van der Waals surface area contributed by atoms with Crippen LogP contribution in [0.15, 0.2) is 29.6 Å². The van der Waals surface area contributed by atoms with E-state index in [4.69, 9.17) is 0 Å². The van der Waals surface area contributed by atoms with E-state index in [0.29, 0.717) is 6.54 Å². The second-order valence-electron chi connectivity index (χ2n) is 4.69. The van der Waals surface area contributed by atoms with Gasteiger partial charge in [-0.25, -0.2) is 4.98 Å². The number of nitrogens with zero attached hydrogens (tertiary/aromatic N) is 2. The zero-order valence-corrected chi connectivity index (χ0v) is 12.1. The molecule has 108 valence electrons. The molecule has 0 atom stereocenters. The lowest BCUT2D eigenvalue weighted by atomic mass is 10.1. The highest BCUT2D eigenvalue weighted by molar-refractivity contribution is 7.09. The summed E-state index contributed by atoms with van der Waals surface area (Å²) in [5, 5.41) is 2.89. The minimum absolute atomic E-state index is 0.242. The van der Waals surface area contributed by atoms with Crippen molar-refractivity contribution < 1.29 is 13.2 Å². The number of aryl methyl sites for hydroxylation is 1. The van der Waals surface area contributed by atoms with Gasteiger partial charge in [0.25, 0.3) is 0 Å². The molecule has 20 heavy (non-hydrogen) atoms. The van der Waals surface area contributed by atoms with Crippen LogP contribution < -0.4 is 0 Å². The van der Waals surface area contributed by atoms with Crippen molar-refractivity contribution in [2.45, 2.75) is 26.2 Å². The molecule has 0 aliphatic rings. The molecule has 0 aliphatic carbocycles. The predicted molar refractivity (Wildman–Crippen MR) is 73.5 cm³/mol. The molecule has 2 nitrogen and oxygen atoms in total. The van der Waals surface area contributed by atoms with E-state index in [1.54, 1.807) is 24.5 Å². The minimum atomic E-state index is -4.31. The average molecular weight is 300 g/mol. The van der Waals surface area contributed by atoms with Crippen molar-refractivity contribution in [3.05, 3.63) is 51.5 Å². The standard InChI is InChI=1S/C14H15F3N2S/c1-10-18-12(9-20-10)8-19(2)7-11-5-3-4-6-13(11)14(15,16)17/h3-6,9H,7-8H2,1-2H3. The maximum Gasteiger partial charge on any atom is 0.416 e. The smallest absolute Gasteiger partial charge is 0.296 e. The topological polar surface area (TPSA) is 16.1 Å². The number of rotatable bonds is 4. The summed E-state index contributed by atoms with van der Waals surface area (Å²) in [4.78, 5) is 6.15. The van der Waals surface area contributed by atoms with E-state index < -0.39 is 11.7 Å². The molecule has 0 radical (unpaired) electrons. The zero-order chi connectivity index (χ0) is 14.8. The Morgan fingerprint density at radius 3 is 2.50 bits per heavy atom. The summed E-state index contributed by atoms with van der Waals surface area (Å²) in [6.07, 6.45) is -4.31. The number of hydrogen-bond donors (Lipinski definition) is 0. The van der Waals surface area contributed by atoms with Crippen molar-refractivity contribution in [1.82, 2.24) is 9.88 Å². The van der Waals surface area contributed by atoms with E-state index >= 15 is 0 Å². The van der Waals surface area contributed by atoms with E-state index in [-0.39, 0.29) is 12.1 Å². The van der Waals surface area contributed by atoms with Crippen LogP contribution in [0.3, 0.4) is 0 Å². The van der Waals surface area contributed by atoms with Crippen LogP contribution in [0.2, 0.25) is 0 Å². The molecule has 1 aromatic heterocycles. The van der Waals surface area contributed by atoms with Crippen LogP contribution in [0.25, 0.3) is 0 Å². The van der Waals surface area contributed by atoms with Gasteiger partial charge in [-0.15, -0.1) is 11.3 Å². The minimum Gasteiger partial charge on any atom is -0.296 e. The molecule has 0 bridgehead atoms. The summed E-state index contributed by atoms with van der Waals surface area (Å²) in [7, 11) is 1.79. The van der Waals surface area contributed by atoms with E-state index in [1.807, 2.05) is 17.2 Å². The number of aromatic nitrogens is 1. The normalized spacial score (nSPS) is 12.1. The monoisotopic (exact) mass is 300 g/mol. The third-order valence-corrected chi connectivity index (χ3v) is 3.68. The first-order valence-electron chi connectivity index (χ1n) is 6.11. The number of benzene rings is 1. The first-order chi connectivity index (χ1) is 9.36. The molecule has 0 unspecified atom stereocenters. The van der Waals surface area contributed by atoms with Gasteiger partial charge in [0.05, 0.1) is 16.3 Å². The predicted octanol–water partition coefficient (Wildman–Crippen LogP) is 4.10. The first kappa shape index (κ1) is 15.0. The summed E-state index contributed by atoms with van der Waals surface area (Å²) < 4.78 is 38.7. The highest BCUT2D eigenvalue weighted by Crippen LogP contribution is 2.32. The summed E-state index contributed by atoms with van der Waals surface area (Å²) in [6, 6.07) is 5.68. The molecular formula is C14H15F3N2S. The maximum absolute atomic E-state index is 12.9. The molecule has 0 spiro atoms. The highest BCUT2D eigenvalue weighted by Gasteiger charge is 2.32. The second kappa shape index (κ2) is 5.93. The summed E-state index contributed by atoms with van der Waals surface area (Å²) in [5.74, 6) is 0. The van der Waals surface area contributed by atoms with Crippen LogP contribution in [0.1, 0.15) is 21.8 Å². The molecule has 1 aromatic carbocycles. The Labute approximate surface area is 119 Å². The van der Waals surface area contributed by atoms with Crippen molar-refractivity contribution in [3.63, 3.8) is 0 Å². The SMILES string of the molecule is Cc1nc(CN(C)Cc2ccccc2C(F)(F)F)cs1. The zero-order valence-electron chi connectivity index (χ0n) is 11.2. The van der Waals surface area contributed by atoms with E-state index in [9.17, 15) is 13.2 Å². The van der Waals surface area contributed by atoms with Gasteiger partial charge >= 0.3 is 6.18 Å². The van der Waals surface area contributed by atoms with Crippen molar-refractivity contribution in [2.75, 3.05) is 7.05 Å². The molecule has 1 heterocycles. The molecule has 0 N–H and O–H groups in total. The van der Waals surface area contributed by atoms with Crippen LogP contribution >= 0.6 is 11.3 Å². The van der Waals surface area contributed by atoms with Crippen LogP contribution in [-0.4, -0.2) is 16.9 Å². The molecule has 0 saturated carbocycles. The Kier molecular flexibility index (Phi) is 4.45. The third kappa shape index (κ3) is 3.80. The molecule has 0 amide bonds. The largest absolute Gasteiger partial charge is 0.416 e. The lowest BCUT2D eigenvalue weighted by molar-refractivity contribution is -0.138. The summed E-state index contributed by atoms with van der Waals surface area (Å²) >= 11 is 1.54. The van der Waals surface area contributed by atoms with Crippen LogP contribution in [0.4, 0.5) is 13.2 Å². The quantitative estimate of drug-likeness (QED) is 0.845.